The molecule has 2 heterocycles. The summed E-state index contributed by atoms with van der Waals surface area (Å²) in [6.07, 6.45) is 4.99. The van der Waals surface area contributed by atoms with Gasteiger partial charge in [0.25, 0.3) is 0 Å². The SMILES string of the molecule is COc1ccc2c3c1O[C@H]1C(=O)C=C[C@@]4(O[Si](C)(C)C)[C@@H](C2)N(C)CC[C@]314. The lowest BCUT2D eigenvalue weighted by atomic mass is 9.51. The van der Waals surface area contributed by atoms with Crippen LogP contribution in [0.2, 0.25) is 19.6 Å². The van der Waals surface area contributed by atoms with E-state index in [-0.39, 0.29) is 11.8 Å². The number of carbonyl (C=O) groups is 1. The molecule has 0 radical (unpaired) electrons. The Hall–Kier alpha value is -1.63. The minimum absolute atomic E-state index is 0.0409. The van der Waals surface area contributed by atoms with Gasteiger partial charge in [-0.15, -0.1) is 0 Å². The third-order valence-electron chi connectivity index (χ3n) is 6.78. The fourth-order valence-corrected chi connectivity index (χ4v) is 7.34. The van der Waals surface area contributed by atoms with E-state index in [0.29, 0.717) is 5.75 Å². The molecule has 0 aromatic heterocycles. The van der Waals surface area contributed by atoms with Crippen molar-refractivity contribution in [3.63, 3.8) is 0 Å². The molecule has 4 atom stereocenters. The van der Waals surface area contributed by atoms with Gasteiger partial charge in [0.05, 0.1) is 12.5 Å². The summed E-state index contributed by atoms with van der Waals surface area (Å²) in [5.74, 6) is 1.51. The van der Waals surface area contributed by atoms with E-state index >= 15 is 0 Å². The Morgan fingerprint density at radius 3 is 2.78 bits per heavy atom. The van der Waals surface area contributed by atoms with E-state index in [9.17, 15) is 4.79 Å². The van der Waals surface area contributed by atoms with Crippen molar-refractivity contribution in [3.05, 3.63) is 35.4 Å². The lowest BCUT2D eigenvalue weighted by molar-refractivity contribution is -0.146. The molecule has 1 saturated heterocycles. The van der Waals surface area contributed by atoms with Gasteiger partial charge in [0.2, 0.25) is 0 Å². The van der Waals surface area contributed by atoms with Gasteiger partial charge in [0.1, 0.15) is 5.60 Å². The lowest BCUT2D eigenvalue weighted by Crippen LogP contribution is -2.76. The van der Waals surface area contributed by atoms with Crippen LogP contribution in [-0.2, 0) is 21.1 Å². The van der Waals surface area contributed by atoms with E-state index < -0.39 is 25.4 Å². The second-order valence-electron chi connectivity index (χ2n) is 9.29. The first-order chi connectivity index (χ1) is 12.7. The van der Waals surface area contributed by atoms with Crippen molar-refractivity contribution in [1.82, 2.24) is 4.90 Å². The number of methoxy groups -OCH3 is 1. The topological polar surface area (TPSA) is 48.0 Å². The number of ketones is 1. The Bertz CT molecular complexity index is 876. The standard InChI is InChI=1S/C21H27NO4Si/c1-22-11-10-20-17-13-6-7-15(24-2)18(17)25-19(20)14(23)8-9-21(20,16(22)12-13)26-27(3,4)5/h6-9,16,19H,10-12H2,1-5H3/t16-,19+,20+,21-/m1/s1. The van der Waals surface area contributed by atoms with Gasteiger partial charge in [-0.3, -0.25) is 9.69 Å². The molecule has 0 unspecified atom stereocenters. The molecule has 1 fully saturated rings. The molecule has 5 rings (SSSR count). The van der Waals surface area contributed by atoms with Gasteiger partial charge in [-0.25, -0.2) is 0 Å². The first-order valence-corrected chi connectivity index (χ1v) is 13.1. The Morgan fingerprint density at radius 2 is 2.07 bits per heavy atom. The highest BCUT2D eigenvalue weighted by Gasteiger charge is 2.73. The van der Waals surface area contributed by atoms with Crippen molar-refractivity contribution in [2.24, 2.45) is 0 Å². The second kappa shape index (κ2) is 5.24. The Labute approximate surface area is 161 Å². The number of piperidine rings is 1. The van der Waals surface area contributed by atoms with Gasteiger partial charge in [0, 0.05) is 11.6 Å². The molecule has 1 aromatic rings. The molecular weight excluding hydrogens is 358 g/mol. The van der Waals surface area contributed by atoms with Gasteiger partial charge in [-0.2, -0.15) is 0 Å². The molecule has 2 bridgehead atoms. The number of likely N-dealkylation sites (N-methyl/N-ethyl adjacent to an activating group) is 1. The summed E-state index contributed by atoms with van der Waals surface area (Å²) in [4.78, 5) is 15.4. The van der Waals surface area contributed by atoms with Crippen LogP contribution in [0.3, 0.4) is 0 Å². The quantitative estimate of drug-likeness (QED) is 0.749. The number of rotatable bonds is 3. The van der Waals surface area contributed by atoms with Crippen molar-refractivity contribution in [2.75, 3.05) is 20.7 Å². The highest BCUT2D eigenvalue weighted by molar-refractivity contribution is 6.69. The molecule has 1 aromatic carbocycles. The van der Waals surface area contributed by atoms with Gasteiger partial charge in [0.15, 0.2) is 31.7 Å². The van der Waals surface area contributed by atoms with Crippen molar-refractivity contribution >= 4 is 14.1 Å². The smallest absolute Gasteiger partial charge is 0.196 e. The summed E-state index contributed by atoms with van der Waals surface area (Å²) < 4.78 is 19.0. The summed E-state index contributed by atoms with van der Waals surface area (Å²) >= 11 is 0. The van der Waals surface area contributed by atoms with Crippen LogP contribution in [0.5, 0.6) is 11.5 Å². The third-order valence-corrected chi connectivity index (χ3v) is 7.73. The lowest BCUT2D eigenvalue weighted by Gasteiger charge is -2.63. The molecule has 2 aliphatic heterocycles. The highest BCUT2D eigenvalue weighted by atomic mass is 28.4. The molecule has 0 saturated carbocycles. The van der Waals surface area contributed by atoms with Crippen molar-refractivity contribution < 1.29 is 18.7 Å². The number of hydrogen-bond donors (Lipinski definition) is 0. The largest absolute Gasteiger partial charge is 0.493 e. The summed E-state index contributed by atoms with van der Waals surface area (Å²) in [6, 6.07) is 4.32. The highest BCUT2D eigenvalue weighted by Crippen LogP contribution is 2.65. The van der Waals surface area contributed by atoms with Crippen LogP contribution in [0.1, 0.15) is 17.5 Å². The normalized spacial score (nSPS) is 36.4. The van der Waals surface area contributed by atoms with Crippen LogP contribution in [0, 0.1) is 0 Å². The fraction of sp³-hybridized carbons (Fsp3) is 0.571. The average molecular weight is 386 g/mol. The molecule has 5 nitrogen and oxygen atoms in total. The van der Waals surface area contributed by atoms with E-state index in [1.165, 1.54) is 5.56 Å². The number of benzene rings is 1. The summed E-state index contributed by atoms with van der Waals surface area (Å²) in [6.45, 7) is 7.61. The number of nitrogens with zero attached hydrogens (tertiary/aromatic N) is 1. The maximum absolute atomic E-state index is 13.0. The molecule has 144 valence electrons. The summed E-state index contributed by atoms with van der Waals surface area (Å²) in [5.41, 5.74) is 1.43. The molecule has 6 heteroatoms. The van der Waals surface area contributed by atoms with Crippen molar-refractivity contribution in [2.45, 2.75) is 55.6 Å². The summed E-state index contributed by atoms with van der Waals surface area (Å²) in [7, 11) is 1.93. The third kappa shape index (κ3) is 1.98. The number of carbonyl (C=O) groups excluding carboxylic acids is 1. The van der Waals surface area contributed by atoms with Crippen LogP contribution in [0.4, 0.5) is 0 Å². The maximum atomic E-state index is 13.0. The number of hydrogen-bond acceptors (Lipinski definition) is 5. The monoisotopic (exact) mass is 385 g/mol. The van der Waals surface area contributed by atoms with Crippen LogP contribution in [0.15, 0.2) is 24.3 Å². The predicted octanol–water partition coefficient (Wildman–Crippen LogP) is 2.68. The molecular formula is C21H27NO4Si. The van der Waals surface area contributed by atoms with E-state index in [0.717, 1.165) is 30.7 Å². The molecule has 1 spiro atoms. The molecule has 4 aliphatic rings. The minimum atomic E-state index is -1.91. The maximum Gasteiger partial charge on any atom is 0.196 e. The minimum Gasteiger partial charge on any atom is -0.493 e. The molecule has 2 aliphatic carbocycles. The molecule has 0 N–H and O–H groups in total. The van der Waals surface area contributed by atoms with Crippen LogP contribution in [0.25, 0.3) is 0 Å². The Kier molecular flexibility index (Phi) is 3.39. The number of likely N-dealkylation sites (tertiary alicyclic amines) is 1. The van der Waals surface area contributed by atoms with Gasteiger partial charge >= 0.3 is 0 Å². The van der Waals surface area contributed by atoms with E-state index in [4.69, 9.17) is 13.9 Å². The Balaban J connectivity index is 1.86. The zero-order valence-electron chi connectivity index (χ0n) is 16.7. The second-order valence-corrected chi connectivity index (χ2v) is 13.7. The fourth-order valence-electron chi connectivity index (χ4n) is 5.95. The molecule has 0 amide bonds. The van der Waals surface area contributed by atoms with Gasteiger partial charge < -0.3 is 13.9 Å². The first kappa shape index (κ1) is 17.5. The zero-order valence-corrected chi connectivity index (χ0v) is 17.7. The van der Waals surface area contributed by atoms with Crippen LogP contribution in [-0.4, -0.2) is 57.4 Å². The predicted molar refractivity (Wildman–Crippen MR) is 105 cm³/mol. The summed E-state index contributed by atoms with van der Waals surface area (Å²) in [5, 5.41) is 0. The first-order valence-electron chi connectivity index (χ1n) is 9.74. The average Bonchev–Trinajstić information content (AvgIpc) is 2.95. The van der Waals surface area contributed by atoms with E-state index in [1.807, 2.05) is 6.07 Å². The van der Waals surface area contributed by atoms with E-state index in [2.05, 4.69) is 43.7 Å². The zero-order chi connectivity index (χ0) is 19.2. The van der Waals surface area contributed by atoms with Gasteiger partial charge in [-0.1, -0.05) is 6.07 Å². The Morgan fingerprint density at radius 1 is 1.30 bits per heavy atom. The van der Waals surface area contributed by atoms with E-state index in [1.54, 1.807) is 13.2 Å². The number of ether oxygens (including phenoxy) is 2. The van der Waals surface area contributed by atoms with Crippen molar-refractivity contribution in [1.29, 1.82) is 0 Å². The van der Waals surface area contributed by atoms with Crippen molar-refractivity contribution in [3.8, 4) is 11.5 Å². The molecule has 27 heavy (non-hydrogen) atoms. The van der Waals surface area contributed by atoms with Crippen LogP contribution >= 0.6 is 0 Å². The van der Waals surface area contributed by atoms with Gasteiger partial charge in [-0.05, 0) is 69.9 Å². The van der Waals surface area contributed by atoms with Crippen LogP contribution < -0.4 is 9.47 Å².